The van der Waals surface area contributed by atoms with Crippen LogP contribution in [0.2, 0.25) is 0 Å². The van der Waals surface area contributed by atoms with E-state index < -0.39 is 10.0 Å². The van der Waals surface area contributed by atoms with E-state index in [0.29, 0.717) is 35.9 Å². The van der Waals surface area contributed by atoms with Gasteiger partial charge in [-0.25, -0.2) is 8.42 Å². The van der Waals surface area contributed by atoms with E-state index in [1.807, 2.05) is 12.1 Å². The van der Waals surface area contributed by atoms with E-state index in [4.69, 9.17) is 0 Å². The van der Waals surface area contributed by atoms with E-state index in [9.17, 15) is 8.42 Å². The van der Waals surface area contributed by atoms with Gasteiger partial charge in [-0.3, -0.25) is 0 Å². The van der Waals surface area contributed by atoms with Crippen molar-refractivity contribution in [3.05, 3.63) is 29.8 Å². The number of rotatable bonds is 5. The lowest BCUT2D eigenvalue weighted by Gasteiger charge is -2.39. The lowest BCUT2D eigenvalue weighted by molar-refractivity contribution is 0.130. The molecule has 1 heterocycles. The first-order valence-electron chi connectivity index (χ1n) is 8.52. The SMILES string of the molecule is CC(C)CC1CN(S(=O)(=O)c2ccc(C(C)C)cc2)CCN1C. The zero-order valence-electron chi connectivity index (χ0n) is 15.0. The highest BCUT2D eigenvalue weighted by Crippen LogP contribution is 2.24. The van der Waals surface area contributed by atoms with Gasteiger partial charge in [0.15, 0.2) is 0 Å². The Morgan fingerprint density at radius 2 is 1.70 bits per heavy atom. The molecule has 130 valence electrons. The molecule has 0 radical (unpaired) electrons. The average molecular weight is 339 g/mol. The molecule has 1 aliphatic heterocycles. The number of likely N-dealkylation sites (N-methyl/N-ethyl adjacent to an activating group) is 1. The molecule has 4 nitrogen and oxygen atoms in total. The molecule has 0 aromatic heterocycles. The van der Waals surface area contributed by atoms with Crippen molar-refractivity contribution < 1.29 is 8.42 Å². The molecule has 0 aliphatic carbocycles. The lowest BCUT2D eigenvalue weighted by atomic mass is 10.0. The third-order valence-corrected chi connectivity index (χ3v) is 6.55. The first-order chi connectivity index (χ1) is 10.7. The lowest BCUT2D eigenvalue weighted by Crippen LogP contribution is -2.53. The molecule has 0 bridgehead atoms. The highest BCUT2D eigenvalue weighted by Gasteiger charge is 2.32. The monoisotopic (exact) mass is 338 g/mol. The Labute approximate surface area is 141 Å². The molecule has 1 unspecified atom stereocenters. The van der Waals surface area contributed by atoms with Gasteiger partial charge in [0.05, 0.1) is 4.90 Å². The second-order valence-electron chi connectivity index (χ2n) is 7.35. The zero-order valence-corrected chi connectivity index (χ0v) is 15.8. The first-order valence-corrected chi connectivity index (χ1v) is 9.96. The maximum Gasteiger partial charge on any atom is 0.243 e. The van der Waals surface area contributed by atoms with Crippen molar-refractivity contribution in [2.45, 2.75) is 51.0 Å². The molecule has 5 heteroatoms. The van der Waals surface area contributed by atoms with E-state index in [-0.39, 0.29) is 0 Å². The standard InChI is InChI=1S/C18H30N2O2S/c1-14(2)12-17-13-20(11-10-19(17)5)23(21,22)18-8-6-16(7-9-18)15(3)4/h6-9,14-15,17H,10-13H2,1-5H3. The summed E-state index contributed by atoms with van der Waals surface area (Å²) in [5, 5.41) is 0. The molecule has 0 spiro atoms. The summed E-state index contributed by atoms with van der Waals surface area (Å²) in [6, 6.07) is 7.66. The molecule has 1 atom stereocenters. The summed E-state index contributed by atoms with van der Waals surface area (Å²) in [6.45, 7) is 10.5. The largest absolute Gasteiger partial charge is 0.301 e. The predicted octanol–water partition coefficient (Wildman–Crippen LogP) is 3.16. The topological polar surface area (TPSA) is 40.6 Å². The number of benzene rings is 1. The van der Waals surface area contributed by atoms with Crippen LogP contribution in [-0.4, -0.2) is 50.3 Å². The third-order valence-electron chi connectivity index (χ3n) is 4.67. The van der Waals surface area contributed by atoms with E-state index in [2.05, 4.69) is 39.6 Å². The summed E-state index contributed by atoms with van der Waals surface area (Å²) in [5.41, 5.74) is 1.17. The molecule has 1 saturated heterocycles. The second-order valence-corrected chi connectivity index (χ2v) is 9.29. The summed E-state index contributed by atoms with van der Waals surface area (Å²) in [4.78, 5) is 2.70. The molecule has 0 N–H and O–H groups in total. The van der Waals surface area contributed by atoms with Gasteiger partial charge in [-0.05, 0) is 43.0 Å². The normalized spacial score (nSPS) is 21.3. The smallest absolute Gasteiger partial charge is 0.243 e. The number of hydrogen-bond acceptors (Lipinski definition) is 3. The van der Waals surface area contributed by atoms with Crippen molar-refractivity contribution in [3.63, 3.8) is 0 Å². The van der Waals surface area contributed by atoms with Gasteiger partial charge in [0.2, 0.25) is 10.0 Å². The quantitative estimate of drug-likeness (QED) is 0.828. The molecular formula is C18H30N2O2S. The highest BCUT2D eigenvalue weighted by atomic mass is 32.2. The number of piperazine rings is 1. The molecule has 1 aromatic rings. The van der Waals surface area contributed by atoms with E-state index in [1.54, 1.807) is 16.4 Å². The zero-order chi connectivity index (χ0) is 17.2. The van der Waals surface area contributed by atoms with Gasteiger partial charge in [-0.1, -0.05) is 39.8 Å². The second kappa shape index (κ2) is 7.32. The molecule has 0 amide bonds. The van der Waals surface area contributed by atoms with Gasteiger partial charge in [-0.2, -0.15) is 4.31 Å². The molecular weight excluding hydrogens is 308 g/mol. The summed E-state index contributed by atoms with van der Waals surface area (Å²) in [5.74, 6) is 0.973. The Morgan fingerprint density at radius 3 is 2.22 bits per heavy atom. The van der Waals surface area contributed by atoms with Crippen LogP contribution in [0.1, 0.15) is 45.6 Å². The number of sulfonamides is 1. The fraction of sp³-hybridized carbons (Fsp3) is 0.667. The van der Waals surface area contributed by atoms with Crippen molar-refractivity contribution in [1.29, 1.82) is 0 Å². The Hall–Kier alpha value is -0.910. The van der Waals surface area contributed by atoms with Crippen LogP contribution in [0.3, 0.4) is 0 Å². The van der Waals surface area contributed by atoms with Crippen molar-refractivity contribution in [1.82, 2.24) is 9.21 Å². The van der Waals surface area contributed by atoms with Gasteiger partial charge in [0.1, 0.15) is 0 Å². The Kier molecular flexibility index (Phi) is 5.87. The molecule has 1 aliphatic rings. The number of nitrogens with zero attached hydrogens (tertiary/aromatic N) is 2. The molecule has 2 rings (SSSR count). The van der Waals surface area contributed by atoms with Crippen molar-refractivity contribution >= 4 is 10.0 Å². The Morgan fingerprint density at radius 1 is 1.09 bits per heavy atom. The maximum atomic E-state index is 12.9. The Bertz CT molecular complexity index is 608. The van der Waals surface area contributed by atoms with E-state index in [0.717, 1.165) is 13.0 Å². The molecule has 23 heavy (non-hydrogen) atoms. The van der Waals surface area contributed by atoms with Gasteiger partial charge in [-0.15, -0.1) is 0 Å². The van der Waals surface area contributed by atoms with Gasteiger partial charge in [0.25, 0.3) is 0 Å². The van der Waals surface area contributed by atoms with Gasteiger partial charge in [0, 0.05) is 25.7 Å². The molecule has 1 aromatic carbocycles. The van der Waals surface area contributed by atoms with Crippen LogP contribution in [0.5, 0.6) is 0 Å². The van der Waals surface area contributed by atoms with Crippen LogP contribution in [-0.2, 0) is 10.0 Å². The van der Waals surface area contributed by atoms with Crippen LogP contribution >= 0.6 is 0 Å². The molecule has 1 fully saturated rings. The summed E-state index contributed by atoms with van der Waals surface area (Å²) < 4.78 is 27.5. The fourth-order valence-corrected chi connectivity index (χ4v) is 4.58. The predicted molar refractivity (Wildman–Crippen MR) is 95.2 cm³/mol. The fourth-order valence-electron chi connectivity index (χ4n) is 3.11. The minimum atomic E-state index is -3.39. The van der Waals surface area contributed by atoms with Crippen LogP contribution in [0.15, 0.2) is 29.2 Å². The van der Waals surface area contributed by atoms with E-state index >= 15 is 0 Å². The summed E-state index contributed by atoms with van der Waals surface area (Å²) in [6.07, 6.45) is 1.02. The minimum absolute atomic E-state index is 0.300. The molecule has 0 saturated carbocycles. The first kappa shape index (κ1) is 18.4. The van der Waals surface area contributed by atoms with Crippen molar-refractivity contribution in [2.75, 3.05) is 26.7 Å². The van der Waals surface area contributed by atoms with E-state index in [1.165, 1.54) is 5.56 Å². The van der Waals surface area contributed by atoms with Gasteiger partial charge < -0.3 is 4.90 Å². The van der Waals surface area contributed by atoms with Gasteiger partial charge >= 0.3 is 0 Å². The van der Waals surface area contributed by atoms with Crippen molar-refractivity contribution in [3.8, 4) is 0 Å². The average Bonchev–Trinajstić information content (AvgIpc) is 2.49. The van der Waals surface area contributed by atoms with Crippen LogP contribution in [0.25, 0.3) is 0 Å². The maximum absolute atomic E-state index is 12.9. The summed E-state index contributed by atoms with van der Waals surface area (Å²) >= 11 is 0. The van der Waals surface area contributed by atoms with Crippen LogP contribution < -0.4 is 0 Å². The minimum Gasteiger partial charge on any atom is -0.301 e. The van der Waals surface area contributed by atoms with Crippen LogP contribution in [0.4, 0.5) is 0 Å². The third kappa shape index (κ3) is 4.34. The number of hydrogen-bond donors (Lipinski definition) is 0. The van der Waals surface area contributed by atoms with Crippen molar-refractivity contribution in [2.24, 2.45) is 5.92 Å². The Balaban J connectivity index is 2.18. The van der Waals surface area contributed by atoms with Crippen LogP contribution in [0, 0.1) is 5.92 Å². The highest BCUT2D eigenvalue weighted by molar-refractivity contribution is 7.89. The summed E-state index contributed by atoms with van der Waals surface area (Å²) in [7, 11) is -1.30.